The molecule has 1 aromatic carbocycles. The number of anilines is 2. The molecule has 1 saturated heterocycles. The van der Waals surface area contributed by atoms with Crippen molar-refractivity contribution in [3.63, 3.8) is 0 Å². The van der Waals surface area contributed by atoms with Crippen molar-refractivity contribution in [1.29, 1.82) is 0 Å². The SMILES string of the molecule is CC(O)Cc1cnc(N2CCN(C(=O)Nc3nc4ccc(F)cc4s3)CC2)c(F)c1. The Morgan fingerprint density at radius 2 is 2.03 bits per heavy atom. The number of thiazole rings is 1. The number of aliphatic hydroxyl groups is 1. The highest BCUT2D eigenvalue weighted by Crippen LogP contribution is 2.27. The standard InChI is InChI=1S/C20H21F2N5O2S/c1-12(28)8-13-9-15(22)18(23-11-13)26-4-6-27(7-5-26)20(29)25-19-24-16-3-2-14(21)10-17(16)30-19/h2-3,9-12,28H,4-8H2,1H3,(H,24,25,29). The fourth-order valence-electron chi connectivity index (χ4n) is 3.40. The summed E-state index contributed by atoms with van der Waals surface area (Å²) in [7, 11) is 0. The first-order valence-electron chi connectivity index (χ1n) is 9.58. The first-order valence-corrected chi connectivity index (χ1v) is 10.4. The second-order valence-corrected chi connectivity index (χ2v) is 8.27. The number of aliphatic hydroxyl groups excluding tert-OH is 1. The van der Waals surface area contributed by atoms with Crippen LogP contribution in [0.25, 0.3) is 10.2 Å². The van der Waals surface area contributed by atoms with E-state index >= 15 is 0 Å². The number of piperazine rings is 1. The number of carbonyl (C=O) groups excluding carboxylic acids is 1. The van der Waals surface area contributed by atoms with Crippen LogP contribution in [0.5, 0.6) is 0 Å². The van der Waals surface area contributed by atoms with Crippen molar-refractivity contribution in [2.45, 2.75) is 19.4 Å². The molecular weight excluding hydrogens is 412 g/mol. The maximum absolute atomic E-state index is 14.4. The van der Waals surface area contributed by atoms with Crippen LogP contribution in [0, 0.1) is 11.6 Å². The molecule has 2 aromatic heterocycles. The molecule has 0 aliphatic carbocycles. The zero-order chi connectivity index (χ0) is 21.3. The quantitative estimate of drug-likeness (QED) is 0.660. The van der Waals surface area contributed by atoms with Crippen LogP contribution < -0.4 is 10.2 Å². The maximum atomic E-state index is 14.4. The lowest BCUT2D eigenvalue weighted by atomic mass is 10.1. The Balaban J connectivity index is 1.36. The highest BCUT2D eigenvalue weighted by atomic mass is 32.1. The summed E-state index contributed by atoms with van der Waals surface area (Å²) in [6.07, 6.45) is 1.35. The summed E-state index contributed by atoms with van der Waals surface area (Å²) in [5.41, 5.74) is 1.27. The minimum absolute atomic E-state index is 0.248. The van der Waals surface area contributed by atoms with E-state index in [1.165, 1.54) is 29.5 Å². The lowest BCUT2D eigenvalue weighted by molar-refractivity contribution is 0.195. The average Bonchev–Trinajstić information content (AvgIpc) is 3.09. The van der Waals surface area contributed by atoms with Gasteiger partial charge in [-0.1, -0.05) is 11.3 Å². The van der Waals surface area contributed by atoms with Crippen molar-refractivity contribution < 1.29 is 18.7 Å². The lowest BCUT2D eigenvalue weighted by Gasteiger charge is -2.35. The van der Waals surface area contributed by atoms with Gasteiger partial charge in [-0.3, -0.25) is 5.32 Å². The van der Waals surface area contributed by atoms with E-state index in [0.29, 0.717) is 53.5 Å². The Bertz CT molecular complexity index is 1070. The van der Waals surface area contributed by atoms with E-state index in [0.717, 1.165) is 0 Å². The molecule has 2 amide bonds. The number of nitrogens with one attached hydrogen (secondary N) is 1. The van der Waals surface area contributed by atoms with Gasteiger partial charge >= 0.3 is 6.03 Å². The highest BCUT2D eigenvalue weighted by molar-refractivity contribution is 7.22. The summed E-state index contributed by atoms with van der Waals surface area (Å²) in [6.45, 7) is 3.34. The van der Waals surface area contributed by atoms with E-state index in [2.05, 4.69) is 15.3 Å². The third kappa shape index (κ3) is 4.49. The van der Waals surface area contributed by atoms with Crippen LogP contribution in [-0.2, 0) is 6.42 Å². The maximum Gasteiger partial charge on any atom is 0.323 e. The smallest absolute Gasteiger partial charge is 0.323 e. The molecule has 1 unspecified atom stereocenters. The minimum atomic E-state index is -0.562. The van der Waals surface area contributed by atoms with Gasteiger partial charge in [-0.25, -0.2) is 23.5 Å². The molecule has 4 rings (SSSR count). The predicted octanol–water partition coefficient (Wildman–Crippen LogP) is 3.25. The molecule has 30 heavy (non-hydrogen) atoms. The number of pyridine rings is 1. The summed E-state index contributed by atoms with van der Waals surface area (Å²) in [6, 6.07) is 5.38. The van der Waals surface area contributed by atoms with Gasteiger partial charge in [-0.2, -0.15) is 0 Å². The predicted molar refractivity (Wildman–Crippen MR) is 112 cm³/mol. The number of urea groups is 1. The van der Waals surface area contributed by atoms with Gasteiger partial charge < -0.3 is 14.9 Å². The summed E-state index contributed by atoms with van der Waals surface area (Å²) in [4.78, 5) is 24.5. The number of amides is 2. The largest absolute Gasteiger partial charge is 0.393 e. The van der Waals surface area contributed by atoms with Crippen LogP contribution in [0.1, 0.15) is 12.5 Å². The van der Waals surface area contributed by atoms with Crippen molar-refractivity contribution in [1.82, 2.24) is 14.9 Å². The van der Waals surface area contributed by atoms with Gasteiger partial charge in [0.25, 0.3) is 0 Å². The number of hydrogen-bond acceptors (Lipinski definition) is 6. The first kappa shape index (κ1) is 20.4. The van der Waals surface area contributed by atoms with Gasteiger partial charge in [0.15, 0.2) is 16.8 Å². The summed E-state index contributed by atoms with van der Waals surface area (Å²) >= 11 is 1.21. The van der Waals surface area contributed by atoms with Crippen molar-refractivity contribution in [3.05, 3.63) is 47.7 Å². The minimum Gasteiger partial charge on any atom is -0.393 e. The van der Waals surface area contributed by atoms with Crippen LogP contribution in [0.4, 0.5) is 24.5 Å². The van der Waals surface area contributed by atoms with E-state index in [1.54, 1.807) is 29.0 Å². The number of carbonyl (C=O) groups is 1. The zero-order valence-corrected chi connectivity index (χ0v) is 17.1. The molecule has 7 nitrogen and oxygen atoms in total. The molecular formula is C20H21F2N5O2S. The van der Waals surface area contributed by atoms with E-state index in [-0.39, 0.29) is 17.7 Å². The summed E-state index contributed by atoms with van der Waals surface area (Å²) in [5.74, 6) is -0.537. The number of hydrogen-bond donors (Lipinski definition) is 2. The van der Waals surface area contributed by atoms with Gasteiger partial charge in [-0.15, -0.1) is 0 Å². The lowest BCUT2D eigenvalue weighted by Crippen LogP contribution is -2.50. The molecule has 1 aliphatic heterocycles. The van der Waals surface area contributed by atoms with Crippen molar-refractivity contribution in [2.24, 2.45) is 0 Å². The fraction of sp³-hybridized carbons (Fsp3) is 0.350. The van der Waals surface area contributed by atoms with Crippen LogP contribution in [0.2, 0.25) is 0 Å². The Morgan fingerprint density at radius 3 is 2.73 bits per heavy atom. The molecule has 1 fully saturated rings. The number of aromatic nitrogens is 2. The number of benzene rings is 1. The second kappa shape index (κ2) is 8.49. The topological polar surface area (TPSA) is 81.6 Å². The molecule has 158 valence electrons. The number of halogens is 2. The van der Waals surface area contributed by atoms with E-state index < -0.39 is 11.9 Å². The molecule has 0 bridgehead atoms. The fourth-order valence-corrected chi connectivity index (χ4v) is 4.28. The van der Waals surface area contributed by atoms with Crippen LogP contribution in [-0.4, -0.2) is 58.3 Å². The van der Waals surface area contributed by atoms with Gasteiger partial charge in [-0.05, 0) is 43.2 Å². The number of rotatable bonds is 4. The van der Waals surface area contributed by atoms with Crippen molar-refractivity contribution >= 4 is 38.5 Å². The Hall–Kier alpha value is -2.85. The molecule has 1 aliphatic rings. The second-order valence-electron chi connectivity index (χ2n) is 7.24. The van der Waals surface area contributed by atoms with Crippen molar-refractivity contribution in [3.8, 4) is 0 Å². The average molecular weight is 433 g/mol. The third-order valence-electron chi connectivity index (χ3n) is 4.84. The summed E-state index contributed by atoms with van der Waals surface area (Å²) in [5, 5.41) is 12.6. The van der Waals surface area contributed by atoms with Gasteiger partial charge in [0.05, 0.1) is 16.3 Å². The van der Waals surface area contributed by atoms with Gasteiger partial charge in [0, 0.05) is 32.4 Å². The molecule has 1 atom stereocenters. The highest BCUT2D eigenvalue weighted by Gasteiger charge is 2.24. The number of fused-ring (bicyclic) bond motifs is 1. The first-order chi connectivity index (χ1) is 14.4. The van der Waals surface area contributed by atoms with Crippen LogP contribution >= 0.6 is 11.3 Å². The molecule has 0 radical (unpaired) electrons. The zero-order valence-electron chi connectivity index (χ0n) is 16.3. The van der Waals surface area contributed by atoms with Crippen LogP contribution in [0.15, 0.2) is 30.5 Å². The normalized spacial score (nSPS) is 15.5. The van der Waals surface area contributed by atoms with Gasteiger partial charge in [0.2, 0.25) is 0 Å². The monoisotopic (exact) mass is 433 g/mol. The molecule has 0 saturated carbocycles. The van der Waals surface area contributed by atoms with E-state index in [9.17, 15) is 18.7 Å². The van der Waals surface area contributed by atoms with E-state index in [4.69, 9.17) is 0 Å². The molecule has 0 spiro atoms. The van der Waals surface area contributed by atoms with E-state index in [1.807, 2.05) is 0 Å². The van der Waals surface area contributed by atoms with Crippen molar-refractivity contribution in [2.75, 3.05) is 36.4 Å². The van der Waals surface area contributed by atoms with Crippen LogP contribution in [0.3, 0.4) is 0 Å². The molecule has 3 heterocycles. The Labute approximate surface area is 176 Å². The summed E-state index contributed by atoms with van der Waals surface area (Å²) < 4.78 is 28.4. The number of nitrogens with zero attached hydrogens (tertiary/aromatic N) is 4. The molecule has 3 aromatic rings. The molecule has 10 heteroatoms. The Kier molecular flexibility index (Phi) is 5.78. The Morgan fingerprint density at radius 1 is 1.27 bits per heavy atom. The molecule has 2 N–H and O–H groups in total. The third-order valence-corrected chi connectivity index (χ3v) is 5.77. The van der Waals surface area contributed by atoms with Gasteiger partial charge in [0.1, 0.15) is 5.82 Å².